The van der Waals surface area contributed by atoms with Crippen molar-refractivity contribution in [1.29, 1.82) is 0 Å². The van der Waals surface area contributed by atoms with Crippen molar-refractivity contribution in [3.8, 4) is 34.5 Å². The van der Waals surface area contributed by atoms with Crippen molar-refractivity contribution in [2.24, 2.45) is 0 Å². The molecule has 0 amide bonds. The van der Waals surface area contributed by atoms with Crippen molar-refractivity contribution in [3.63, 3.8) is 0 Å². The standard InChI is InChI=1S/6C6H6O.3Ca/c6*7-6-4-2-1-3-5-6;;;/h6*1-5,7H;;;/q;;;;;;3*+2/p-6. The van der Waals surface area contributed by atoms with Crippen LogP contribution in [0.25, 0.3) is 0 Å². The van der Waals surface area contributed by atoms with Crippen LogP contribution in [0.15, 0.2) is 182 Å². The quantitative estimate of drug-likeness (QED) is 0.226. The van der Waals surface area contributed by atoms with Crippen LogP contribution < -0.4 is 30.6 Å². The molecule has 0 unspecified atom stereocenters. The Bertz CT molecular complexity index is 1110. The molecule has 45 heavy (non-hydrogen) atoms. The van der Waals surface area contributed by atoms with E-state index < -0.39 is 0 Å². The SMILES string of the molecule is [Ca+2].[Ca+2].[Ca+2].[O-]c1ccccc1.[O-]c1ccccc1.[O-]c1ccccc1.[O-]c1ccccc1.[O-]c1ccccc1.[O-]c1ccccc1. The van der Waals surface area contributed by atoms with Gasteiger partial charge in [-0.05, 0) is 0 Å². The third-order valence-corrected chi connectivity index (χ3v) is 4.46. The minimum atomic E-state index is 0. The fraction of sp³-hybridized carbons (Fsp3) is 0. The van der Waals surface area contributed by atoms with Crippen molar-refractivity contribution in [1.82, 2.24) is 0 Å². The topological polar surface area (TPSA) is 138 Å². The molecule has 0 saturated heterocycles. The smallest absolute Gasteiger partial charge is 0.872 e. The number of benzene rings is 6. The van der Waals surface area contributed by atoms with Crippen LogP contribution in [0.4, 0.5) is 0 Å². The van der Waals surface area contributed by atoms with Crippen LogP contribution in [0.5, 0.6) is 34.5 Å². The summed E-state index contributed by atoms with van der Waals surface area (Å²) in [6.07, 6.45) is 0. The molecule has 0 heterocycles. The van der Waals surface area contributed by atoms with Crippen LogP contribution in [-0.2, 0) is 0 Å². The summed E-state index contributed by atoms with van der Waals surface area (Å²) >= 11 is 0. The van der Waals surface area contributed by atoms with Crippen molar-refractivity contribution in [2.75, 3.05) is 0 Å². The zero-order valence-electron chi connectivity index (χ0n) is 24.9. The Morgan fingerprint density at radius 2 is 0.267 bits per heavy atom. The Morgan fingerprint density at radius 1 is 0.178 bits per heavy atom. The maximum atomic E-state index is 10.3. The molecule has 6 rings (SSSR count). The molecule has 0 N–H and O–H groups in total. The van der Waals surface area contributed by atoms with Crippen molar-refractivity contribution >= 4 is 113 Å². The molecule has 0 aromatic heterocycles. The Morgan fingerprint density at radius 3 is 0.311 bits per heavy atom. The zero-order chi connectivity index (χ0) is 30.7. The normalized spacial score (nSPS) is 8.00. The van der Waals surface area contributed by atoms with Gasteiger partial charge in [0.2, 0.25) is 0 Å². The van der Waals surface area contributed by atoms with E-state index in [0.29, 0.717) is 0 Å². The third kappa shape index (κ3) is 31.7. The van der Waals surface area contributed by atoms with Crippen LogP contribution in [0, 0.1) is 0 Å². The second-order valence-corrected chi connectivity index (χ2v) is 7.88. The first-order valence-electron chi connectivity index (χ1n) is 12.7. The maximum Gasteiger partial charge on any atom is 2.00 e. The van der Waals surface area contributed by atoms with Crippen LogP contribution in [-0.4, -0.2) is 113 Å². The molecule has 6 nitrogen and oxygen atoms in total. The van der Waals surface area contributed by atoms with E-state index in [1.165, 1.54) is 72.8 Å². The van der Waals surface area contributed by atoms with Crippen LogP contribution in [0.3, 0.4) is 0 Å². The summed E-state index contributed by atoms with van der Waals surface area (Å²) in [5.74, 6) is 0.431. The van der Waals surface area contributed by atoms with Gasteiger partial charge in [0, 0.05) is 0 Å². The predicted molar refractivity (Wildman–Crippen MR) is 173 cm³/mol. The van der Waals surface area contributed by atoms with E-state index in [9.17, 15) is 30.6 Å². The fourth-order valence-corrected chi connectivity index (χ4v) is 2.52. The average Bonchev–Trinajstić information content (AvgIpc) is 3.01. The van der Waals surface area contributed by atoms with E-state index in [1.807, 2.05) is 36.4 Å². The van der Waals surface area contributed by atoms with Gasteiger partial charge < -0.3 is 30.6 Å². The molecule has 6 aromatic carbocycles. The molecule has 6 aromatic rings. The van der Waals surface area contributed by atoms with Gasteiger partial charge in [-0.1, -0.05) is 182 Å². The minimum Gasteiger partial charge on any atom is -0.872 e. The number of hydrogen-bond acceptors (Lipinski definition) is 6. The van der Waals surface area contributed by atoms with Crippen molar-refractivity contribution < 1.29 is 30.6 Å². The molecule has 0 aliphatic rings. The molecular formula is C36H30Ca3O6. The van der Waals surface area contributed by atoms with Gasteiger partial charge in [0.15, 0.2) is 0 Å². The zero-order valence-corrected chi connectivity index (χ0v) is 31.5. The summed E-state index contributed by atoms with van der Waals surface area (Å²) in [5, 5.41) is 61.6. The first-order valence-corrected chi connectivity index (χ1v) is 12.7. The summed E-state index contributed by atoms with van der Waals surface area (Å²) in [5.41, 5.74) is 0. The first kappa shape index (κ1) is 47.3. The average molecular weight is 679 g/mol. The second kappa shape index (κ2) is 33.3. The van der Waals surface area contributed by atoms with Gasteiger partial charge in [0.1, 0.15) is 0 Å². The molecule has 0 fully saturated rings. The summed E-state index contributed by atoms with van der Waals surface area (Å²) in [6, 6.07) is 50.0. The molecule has 0 aliphatic heterocycles. The Hall–Kier alpha value is -2.10. The minimum absolute atomic E-state index is 0. The van der Waals surface area contributed by atoms with Gasteiger partial charge in [0.25, 0.3) is 0 Å². The Balaban J connectivity index is -0.000000464. The second-order valence-electron chi connectivity index (χ2n) is 7.88. The number of para-hydroxylation sites is 6. The van der Waals surface area contributed by atoms with Gasteiger partial charge in [-0.3, -0.25) is 0 Å². The summed E-state index contributed by atoms with van der Waals surface area (Å²) < 4.78 is 0. The third-order valence-electron chi connectivity index (χ3n) is 4.46. The van der Waals surface area contributed by atoms with Crippen LogP contribution in [0.2, 0.25) is 0 Å². The molecule has 0 bridgehead atoms. The molecule has 0 atom stereocenters. The number of rotatable bonds is 0. The molecule has 0 radical (unpaired) electrons. The summed E-state index contributed by atoms with van der Waals surface area (Å²) in [4.78, 5) is 0. The summed E-state index contributed by atoms with van der Waals surface area (Å²) in [6.45, 7) is 0. The van der Waals surface area contributed by atoms with Crippen LogP contribution in [0.1, 0.15) is 0 Å². The largest absolute Gasteiger partial charge is 2.00 e. The van der Waals surface area contributed by atoms with E-state index in [2.05, 4.69) is 0 Å². The Labute approximate surface area is 355 Å². The number of hydrogen-bond donors (Lipinski definition) is 0. The van der Waals surface area contributed by atoms with Gasteiger partial charge in [0.05, 0.1) is 0 Å². The Kier molecular flexibility index (Phi) is 35.0. The fourth-order valence-electron chi connectivity index (χ4n) is 2.52. The van der Waals surface area contributed by atoms with E-state index in [1.54, 1.807) is 72.8 Å². The van der Waals surface area contributed by atoms with Crippen molar-refractivity contribution in [2.45, 2.75) is 0 Å². The van der Waals surface area contributed by atoms with Gasteiger partial charge in [-0.25, -0.2) is 0 Å². The molecule has 0 aliphatic carbocycles. The van der Waals surface area contributed by atoms with Gasteiger partial charge in [-0.2, -0.15) is 0 Å². The van der Waals surface area contributed by atoms with Crippen LogP contribution >= 0.6 is 0 Å². The van der Waals surface area contributed by atoms with E-state index in [-0.39, 0.29) is 148 Å². The van der Waals surface area contributed by atoms with Crippen molar-refractivity contribution in [3.05, 3.63) is 182 Å². The monoisotopic (exact) mass is 678 g/mol. The first-order chi connectivity index (χ1) is 20.4. The van der Waals surface area contributed by atoms with E-state index >= 15 is 0 Å². The maximum absolute atomic E-state index is 10.3. The van der Waals surface area contributed by atoms with E-state index in [4.69, 9.17) is 0 Å². The molecule has 0 spiro atoms. The molecule has 216 valence electrons. The van der Waals surface area contributed by atoms with Gasteiger partial charge in [-0.15, -0.1) is 34.5 Å². The summed E-state index contributed by atoms with van der Waals surface area (Å²) in [7, 11) is 0. The van der Waals surface area contributed by atoms with E-state index in [0.717, 1.165) is 0 Å². The molecular weight excluding hydrogens is 649 g/mol. The molecule has 9 heteroatoms. The predicted octanol–water partition coefficient (Wildman–Crippen LogP) is 3.42. The van der Waals surface area contributed by atoms with Gasteiger partial charge >= 0.3 is 113 Å². The molecule has 0 saturated carbocycles.